The molecule has 0 bridgehead atoms. The van der Waals surface area contributed by atoms with E-state index < -0.39 is 30.2 Å². The topological polar surface area (TPSA) is 46.2 Å². The van der Waals surface area contributed by atoms with Gasteiger partial charge in [-0.2, -0.15) is 13.2 Å². The minimum atomic E-state index is -4.75. The van der Waals surface area contributed by atoms with Crippen LogP contribution in [0.5, 0.6) is 0 Å². The molecule has 0 spiro atoms. The maximum absolute atomic E-state index is 12.8. The van der Waals surface area contributed by atoms with Gasteiger partial charge in [0.1, 0.15) is 5.82 Å². The number of aliphatic hydroxyl groups excluding tert-OH is 1. The molecule has 0 aliphatic rings. The standard InChI is InChI=1S/C9H9F4NO/c10-7-2-1-5(8(14)4-15)3-6(7)9(11,12)13/h1-3,8,15H,4,14H2. The van der Waals surface area contributed by atoms with E-state index in [0.717, 1.165) is 6.07 Å². The molecular formula is C9H9F4NO. The van der Waals surface area contributed by atoms with Crippen molar-refractivity contribution < 1.29 is 22.7 Å². The van der Waals surface area contributed by atoms with E-state index in [1.165, 1.54) is 0 Å². The fourth-order valence-electron chi connectivity index (χ4n) is 1.10. The Bertz CT molecular complexity index is 350. The Balaban J connectivity index is 3.17. The van der Waals surface area contributed by atoms with Crippen LogP contribution in [0.3, 0.4) is 0 Å². The number of nitrogens with two attached hydrogens (primary N) is 1. The summed E-state index contributed by atoms with van der Waals surface area (Å²) in [5.41, 5.74) is 3.99. The van der Waals surface area contributed by atoms with Crippen molar-refractivity contribution in [2.24, 2.45) is 5.73 Å². The first kappa shape index (κ1) is 11.9. The van der Waals surface area contributed by atoms with Crippen LogP contribution in [-0.4, -0.2) is 11.7 Å². The molecule has 0 fully saturated rings. The Labute approximate surface area is 83.3 Å². The highest BCUT2D eigenvalue weighted by Crippen LogP contribution is 2.32. The number of benzene rings is 1. The molecular weight excluding hydrogens is 214 g/mol. The molecule has 6 heteroatoms. The molecule has 15 heavy (non-hydrogen) atoms. The second kappa shape index (κ2) is 4.16. The first-order chi connectivity index (χ1) is 6.86. The Morgan fingerprint density at radius 3 is 2.40 bits per heavy atom. The van der Waals surface area contributed by atoms with Gasteiger partial charge >= 0.3 is 6.18 Å². The molecule has 0 saturated heterocycles. The van der Waals surface area contributed by atoms with Gasteiger partial charge < -0.3 is 10.8 Å². The monoisotopic (exact) mass is 223 g/mol. The maximum atomic E-state index is 12.8. The van der Waals surface area contributed by atoms with Crippen molar-refractivity contribution in [1.29, 1.82) is 0 Å². The van der Waals surface area contributed by atoms with Gasteiger partial charge in [0.05, 0.1) is 18.2 Å². The van der Waals surface area contributed by atoms with E-state index in [1.54, 1.807) is 0 Å². The normalized spacial score (nSPS) is 14.0. The summed E-state index contributed by atoms with van der Waals surface area (Å²) >= 11 is 0. The van der Waals surface area contributed by atoms with Crippen LogP contribution in [0, 0.1) is 5.82 Å². The van der Waals surface area contributed by atoms with Crippen LogP contribution in [-0.2, 0) is 6.18 Å². The molecule has 0 radical (unpaired) electrons. The van der Waals surface area contributed by atoms with Crippen molar-refractivity contribution in [3.05, 3.63) is 35.1 Å². The molecule has 2 nitrogen and oxygen atoms in total. The molecule has 0 aliphatic heterocycles. The molecule has 3 N–H and O–H groups in total. The summed E-state index contributed by atoms with van der Waals surface area (Å²) in [7, 11) is 0. The van der Waals surface area contributed by atoms with Crippen LogP contribution in [0.2, 0.25) is 0 Å². The predicted molar refractivity (Wildman–Crippen MR) is 45.4 cm³/mol. The Kier molecular flexibility index (Phi) is 3.31. The van der Waals surface area contributed by atoms with Crippen LogP contribution in [0.25, 0.3) is 0 Å². The summed E-state index contributed by atoms with van der Waals surface area (Å²) in [5.74, 6) is -1.35. The van der Waals surface area contributed by atoms with Gasteiger partial charge in [-0.05, 0) is 17.7 Å². The van der Waals surface area contributed by atoms with Gasteiger partial charge in [-0.1, -0.05) is 6.07 Å². The fraction of sp³-hybridized carbons (Fsp3) is 0.333. The molecule has 0 aromatic heterocycles. The zero-order valence-corrected chi connectivity index (χ0v) is 7.55. The highest BCUT2D eigenvalue weighted by molar-refractivity contribution is 5.29. The van der Waals surface area contributed by atoms with Crippen molar-refractivity contribution >= 4 is 0 Å². The molecule has 1 unspecified atom stereocenters. The zero-order valence-electron chi connectivity index (χ0n) is 7.55. The van der Waals surface area contributed by atoms with Crippen molar-refractivity contribution in [3.63, 3.8) is 0 Å². The number of alkyl halides is 3. The second-order valence-electron chi connectivity index (χ2n) is 3.03. The highest BCUT2D eigenvalue weighted by atomic mass is 19.4. The van der Waals surface area contributed by atoms with Gasteiger partial charge in [0.25, 0.3) is 0 Å². The quantitative estimate of drug-likeness (QED) is 0.751. The Morgan fingerprint density at radius 1 is 1.33 bits per heavy atom. The summed E-state index contributed by atoms with van der Waals surface area (Å²) < 4.78 is 49.6. The molecule has 84 valence electrons. The summed E-state index contributed by atoms with van der Waals surface area (Å²) in [6, 6.07) is 1.47. The van der Waals surface area contributed by atoms with Crippen LogP contribution >= 0.6 is 0 Å². The van der Waals surface area contributed by atoms with E-state index in [9.17, 15) is 17.6 Å². The van der Waals surface area contributed by atoms with E-state index in [2.05, 4.69) is 0 Å². The molecule has 1 aromatic carbocycles. The summed E-state index contributed by atoms with van der Waals surface area (Å²) in [5, 5.41) is 8.65. The lowest BCUT2D eigenvalue weighted by atomic mass is 10.0. The molecule has 1 atom stereocenters. The SMILES string of the molecule is NC(CO)c1ccc(F)c(C(F)(F)F)c1. The summed E-state index contributed by atoms with van der Waals surface area (Å²) in [6.45, 7) is -0.497. The first-order valence-corrected chi connectivity index (χ1v) is 4.09. The summed E-state index contributed by atoms with van der Waals surface area (Å²) in [6.07, 6.45) is -4.75. The number of aliphatic hydroxyl groups is 1. The maximum Gasteiger partial charge on any atom is 0.419 e. The average molecular weight is 223 g/mol. The highest BCUT2D eigenvalue weighted by Gasteiger charge is 2.34. The summed E-state index contributed by atoms with van der Waals surface area (Å²) in [4.78, 5) is 0. The van der Waals surface area contributed by atoms with Gasteiger partial charge in [0, 0.05) is 0 Å². The first-order valence-electron chi connectivity index (χ1n) is 4.09. The number of hydrogen-bond acceptors (Lipinski definition) is 2. The Morgan fingerprint density at radius 2 is 1.93 bits per heavy atom. The van der Waals surface area contributed by atoms with E-state index in [-0.39, 0.29) is 5.56 Å². The molecule has 0 amide bonds. The second-order valence-corrected chi connectivity index (χ2v) is 3.03. The van der Waals surface area contributed by atoms with Crippen LogP contribution in [0.15, 0.2) is 18.2 Å². The lowest BCUT2D eigenvalue weighted by Gasteiger charge is -2.13. The van der Waals surface area contributed by atoms with Crippen molar-refractivity contribution in [2.75, 3.05) is 6.61 Å². The van der Waals surface area contributed by atoms with E-state index in [0.29, 0.717) is 12.1 Å². The molecule has 0 aliphatic carbocycles. The third-order valence-corrected chi connectivity index (χ3v) is 1.92. The van der Waals surface area contributed by atoms with Gasteiger partial charge in [-0.15, -0.1) is 0 Å². The van der Waals surface area contributed by atoms with Gasteiger partial charge in [0.2, 0.25) is 0 Å². The van der Waals surface area contributed by atoms with Crippen LogP contribution < -0.4 is 5.73 Å². The Hall–Kier alpha value is -1.14. The van der Waals surface area contributed by atoms with Gasteiger partial charge in [-0.25, -0.2) is 4.39 Å². The van der Waals surface area contributed by atoms with Crippen molar-refractivity contribution in [1.82, 2.24) is 0 Å². The lowest BCUT2D eigenvalue weighted by Crippen LogP contribution is -2.16. The van der Waals surface area contributed by atoms with Crippen LogP contribution in [0.4, 0.5) is 17.6 Å². The minimum absolute atomic E-state index is 0.0474. The molecule has 0 saturated carbocycles. The predicted octanol–water partition coefficient (Wildman–Crippen LogP) is 1.84. The average Bonchev–Trinajstić information content (AvgIpc) is 2.15. The fourth-order valence-corrected chi connectivity index (χ4v) is 1.10. The molecule has 1 aromatic rings. The van der Waals surface area contributed by atoms with E-state index >= 15 is 0 Å². The number of rotatable bonds is 2. The molecule has 1 rings (SSSR count). The minimum Gasteiger partial charge on any atom is -0.394 e. The largest absolute Gasteiger partial charge is 0.419 e. The van der Waals surface area contributed by atoms with Crippen molar-refractivity contribution in [3.8, 4) is 0 Å². The van der Waals surface area contributed by atoms with E-state index in [1.807, 2.05) is 0 Å². The zero-order chi connectivity index (χ0) is 11.6. The smallest absolute Gasteiger partial charge is 0.394 e. The number of halogens is 4. The van der Waals surface area contributed by atoms with Crippen molar-refractivity contribution in [2.45, 2.75) is 12.2 Å². The lowest BCUT2D eigenvalue weighted by molar-refractivity contribution is -0.140. The number of hydrogen-bond donors (Lipinski definition) is 2. The van der Waals surface area contributed by atoms with E-state index in [4.69, 9.17) is 10.8 Å². The van der Waals surface area contributed by atoms with Gasteiger partial charge in [0.15, 0.2) is 0 Å². The molecule has 0 heterocycles. The third-order valence-electron chi connectivity index (χ3n) is 1.92. The van der Waals surface area contributed by atoms with Gasteiger partial charge in [-0.3, -0.25) is 0 Å². The van der Waals surface area contributed by atoms with Crippen LogP contribution in [0.1, 0.15) is 17.2 Å². The third kappa shape index (κ3) is 2.66.